The fourth-order valence-corrected chi connectivity index (χ4v) is 4.24. The van der Waals surface area contributed by atoms with Crippen LogP contribution in [0.25, 0.3) is 0 Å². The lowest BCUT2D eigenvalue weighted by molar-refractivity contribution is -0.884. The lowest BCUT2D eigenvalue weighted by atomic mass is 10.0. The van der Waals surface area contributed by atoms with Gasteiger partial charge < -0.3 is 4.48 Å². The number of unbranched alkanes of at least 4 members (excludes halogenated alkanes) is 15. The second-order valence-electron chi connectivity index (χ2n) is 10.3. The first-order valence-electron chi connectivity index (χ1n) is 12.9. The van der Waals surface area contributed by atoms with Gasteiger partial charge in [-0.1, -0.05) is 128 Å². The highest BCUT2D eigenvalue weighted by atomic mass is 15.3. The van der Waals surface area contributed by atoms with Gasteiger partial charge in [-0.25, -0.2) is 0 Å². The lowest BCUT2D eigenvalue weighted by Gasteiger charge is -2.23. The number of hydrogen-bond donors (Lipinski definition) is 0. The summed E-state index contributed by atoms with van der Waals surface area (Å²) in [6, 6.07) is 9.34. The number of nitrogens with zero attached hydrogens (tertiary/aromatic N) is 1. The van der Waals surface area contributed by atoms with Gasteiger partial charge in [0.05, 0.1) is 21.1 Å². The molecule has 1 aromatic carbocycles. The van der Waals surface area contributed by atoms with E-state index >= 15 is 0 Å². The second-order valence-corrected chi connectivity index (χ2v) is 10.3. The molecule has 1 nitrogen and oxygen atoms in total. The lowest BCUT2D eigenvalue weighted by Crippen LogP contribution is -2.33. The van der Waals surface area contributed by atoms with Gasteiger partial charge in [0.25, 0.3) is 0 Å². The maximum atomic E-state index is 2.34. The molecule has 0 atom stereocenters. The van der Waals surface area contributed by atoms with Gasteiger partial charge in [0.2, 0.25) is 0 Å². The molecular formula is C28H52N+. The summed E-state index contributed by atoms with van der Waals surface area (Å²) in [6.07, 6.45) is 24.4. The van der Waals surface area contributed by atoms with Crippen molar-refractivity contribution in [2.45, 2.75) is 123 Å². The average Bonchev–Trinajstić information content (AvgIpc) is 2.68. The SMILES string of the molecule is CCCCCCCCCCCCCCCCCCc1ccc(C[N+](C)(C)C)cc1. The van der Waals surface area contributed by atoms with E-state index in [9.17, 15) is 0 Å². The first-order valence-corrected chi connectivity index (χ1v) is 12.9. The Morgan fingerprint density at radius 2 is 0.828 bits per heavy atom. The van der Waals surface area contributed by atoms with Gasteiger partial charge in [-0.2, -0.15) is 0 Å². The molecule has 0 heterocycles. The Kier molecular flexibility index (Phi) is 15.3. The van der Waals surface area contributed by atoms with E-state index in [1.807, 2.05) is 0 Å². The van der Waals surface area contributed by atoms with Crippen LogP contribution < -0.4 is 0 Å². The fourth-order valence-electron chi connectivity index (χ4n) is 4.24. The van der Waals surface area contributed by atoms with Crippen molar-refractivity contribution in [2.24, 2.45) is 0 Å². The zero-order chi connectivity index (χ0) is 21.2. The highest BCUT2D eigenvalue weighted by molar-refractivity contribution is 5.22. The predicted molar refractivity (Wildman–Crippen MR) is 131 cm³/mol. The van der Waals surface area contributed by atoms with Crippen molar-refractivity contribution in [3.05, 3.63) is 35.4 Å². The smallest absolute Gasteiger partial charge is 0.104 e. The van der Waals surface area contributed by atoms with Gasteiger partial charge in [-0.3, -0.25) is 0 Å². The van der Waals surface area contributed by atoms with Crippen LogP contribution in [0.3, 0.4) is 0 Å². The summed E-state index contributed by atoms with van der Waals surface area (Å²) in [5.74, 6) is 0. The Morgan fingerprint density at radius 1 is 0.483 bits per heavy atom. The topological polar surface area (TPSA) is 0 Å². The quantitative estimate of drug-likeness (QED) is 0.160. The van der Waals surface area contributed by atoms with Crippen LogP contribution in [0.15, 0.2) is 24.3 Å². The third kappa shape index (κ3) is 16.6. The number of hydrogen-bond acceptors (Lipinski definition) is 0. The van der Waals surface area contributed by atoms with Crippen LogP contribution in [0.5, 0.6) is 0 Å². The molecule has 0 saturated carbocycles. The van der Waals surface area contributed by atoms with E-state index in [1.165, 1.54) is 120 Å². The van der Waals surface area contributed by atoms with Crippen molar-refractivity contribution in [1.82, 2.24) is 0 Å². The summed E-state index contributed by atoms with van der Waals surface area (Å²) in [7, 11) is 6.76. The number of aryl methyl sites for hydroxylation is 1. The van der Waals surface area contributed by atoms with E-state index in [4.69, 9.17) is 0 Å². The van der Waals surface area contributed by atoms with Gasteiger partial charge in [-0.05, 0) is 18.4 Å². The average molecular weight is 403 g/mol. The summed E-state index contributed by atoms with van der Waals surface area (Å²) in [5.41, 5.74) is 2.97. The molecule has 0 bridgehead atoms. The second kappa shape index (κ2) is 16.9. The molecule has 168 valence electrons. The van der Waals surface area contributed by atoms with E-state index in [0.717, 1.165) is 11.0 Å². The zero-order valence-electron chi connectivity index (χ0n) is 20.5. The van der Waals surface area contributed by atoms with Gasteiger partial charge in [0, 0.05) is 5.56 Å². The molecule has 0 aliphatic carbocycles. The van der Waals surface area contributed by atoms with E-state index in [2.05, 4.69) is 52.3 Å². The van der Waals surface area contributed by atoms with Crippen LogP contribution in [-0.2, 0) is 13.0 Å². The van der Waals surface area contributed by atoms with Crippen molar-refractivity contribution in [2.75, 3.05) is 21.1 Å². The van der Waals surface area contributed by atoms with Crippen LogP contribution in [-0.4, -0.2) is 25.6 Å². The van der Waals surface area contributed by atoms with E-state index in [1.54, 1.807) is 0 Å². The summed E-state index contributed by atoms with van der Waals surface area (Å²) in [6.45, 7) is 3.41. The molecule has 0 radical (unpaired) electrons. The van der Waals surface area contributed by atoms with Gasteiger partial charge in [-0.15, -0.1) is 0 Å². The van der Waals surface area contributed by atoms with Gasteiger partial charge in [0.1, 0.15) is 6.54 Å². The Morgan fingerprint density at radius 3 is 1.21 bits per heavy atom. The minimum atomic E-state index is 0.998. The van der Waals surface area contributed by atoms with Crippen LogP contribution >= 0.6 is 0 Å². The molecule has 29 heavy (non-hydrogen) atoms. The predicted octanol–water partition coefficient (Wildman–Crippen LogP) is 8.70. The van der Waals surface area contributed by atoms with E-state index < -0.39 is 0 Å². The summed E-state index contributed by atoms with van der Waals surface area (Å²) >= 11 is 0. The van der Waals surface area contributed by atoms with Crippen molar-refractivity contribution in [3.63, 3.8) is 0 Å². The van der Waals surface area contributed by atoms with Crippen LogP contribution in [0.2, 0.25) is 0 Å². The maximum absolute atomic E-state index is 2.34. The van der Waals surface area contributed by atoms with Gasteiger partial charge in [0.15, 0.2) is 0 Å². The summed E-state index contributed by atoms with van der Waals surface area (Å²) in [4.78, 5) is 0. The fraction of sp³-hybridized carbons (Fsp3) is 0.786. The van der Waals surface area contributed by atoms with Crippen LogP contribution in [0.4, 0.5) is 0 Å². The minimum Gasteiger partial charge on any atom is -0.327 e. The van der Waals surface area contributed by atoms with E-state index in [0.29, 0.717) is 0 Å². The monoisotopic (exact) mass is 402 g/mol. The molecule has 0 spiro atoms. The minimum absolute atomic E-state index is 0.998. The molecular weight excluding hydrogens is 350 g/mol. The molecule has 0 aromatic heterocycles. The molecule has 0 amide bonds. The Bertz CT molecular complexity index is 468. The number of quaternary nitrogens is 1. The van der Waals surface area contributed by atoms with Crippen molar-refractivity contribution in [1.29, 1.82) is 0 Å². The van der Waals surface area contributed by atoms with Crippen molar-refractivity contribution >= 4 is 0 Å². The molecule has 0 saturated heterocycles. The molecule has 0 fully saturated rings. The third-order valence-electron chi connectivity index (χ3n) is 6.00. The molecule has 1 rings (SSSR count). The molecule has 0 aliphatic heterocycles. The first-order chi connectivity index (χ1) is 14.0. The summed E-state index contributed by atoms with van der Waals surface area (Å²) in [5, 5.41) is 0. The molecule has 1 aromatic rings. The maximum Gasteiger partial charge on any atom is 0.104 e. The Labute approximate surface area is 183 Å². The van der Waals surface area contributed by atoms with Gasteiger partial charge >= 0.3 is 0 Å². The largest absolute Gasteiger partial charge is 0.327 e. The van der Waals surface area contributed by atoms with Crippen molar-refractivity contribution < 1.29 is 4.48 Å². The Balaban J connectivity index is 1.85. The Hall–Kier alpha value is -0.820. The highest BCUT2D eigenvalue weighted by Crippen LogP contribution is 2.15. The molecule has 0 N–H and O–H groups in total. The first kappa shape index (κ1) is 26.2. The van der Waals surface area contributed by atoms with E-state index in [-0.39, 0.29) is 0 Å². The molecule has 0 unspecified atom stereocenters. The molecule has 0 aliphatic rings. The summed E-state index contributed by atoms with van der Waals surface area (Å²) < 4.78 is 0.998. The third-order valence-corrected chi connectivity index (χ3v) is 6.00. The van der Waals surface area contributed by atoms with Crippen LogP contribution in [0.1, 0.15) is 121 Å². The number of benzene rings is 1. The number of rotatable bonds is 19. The zero-order valence-corrected chi connectivity index (χ0v) is 20.5. The normalized spacial score (nSPS) is 11.9. The van der Waals surface area contributed by atoms with Crippen molar-refractivity contribution in [3.8, 4) is 0 Å². The molecule has 1 heteroatoms. The highest BCUT2D eigenvalue weighted by Gasteiger charge is 2.07. The standard InChI is InChI=1S/C28H52N/c1-5-6-7-8-9-10-11-12-13-14-15-16-17-18-19-20-21-27-22-24-28(25-23-27)26-29(2,3)4/h22-25H,5-21,26H2,1-4H3/q+1. The van der Waals surface area contributed by atoms with Crippen LogP contribution in [0, 0.1) is 0 Å².